The first-order valence-corrected chi connectivity index (χ1v) is 14.9. The van der Waals surface area contributed by atoms with Crippen LogP contribution in [0.4, 0.5) is 0 Å². The molecular formula is C39H36S. The van der Waals surface area contributed by atoms with Crippen molar-refractivity contribution in [3.63, 3.8) is 0 Å². The average Bonchev–Trinajstić information content (AvgIpc) is 3.33. The van der Waals surface area contributed by atoms with Crippen LogP contribution in [0.3, 0.4) is 0 Å². The maximum atomic E-state index is 4.50. The normalized spacial score (nSPS) is 19.7. The zero-order valence-corrected chi connectivity index (χ0v) is 24.7. The molecule has 0 aliphatic heterocycles. The highest BCUT2D eigenvalue weighted by atomic mass is 32.1. The Morgan fingerprint density at radius 2 is 1.38 bits per heavy atom. The van der Waals surface area contributed by atoms with Gasteiger partial charge < -0.3 is 0 Å². The molecule has 0 aromatic heterocycles. The molecule has 3 aliphatic rings. The third-order valence-electron chi connectivity index (χ3n) is 9.93. The molecule has 0 spiro atoms. The third kappa shape index (κ3) is 3.67. The van der Waals surface area contributed by atoms with Gasteiger partial charge in [0.1, 0.15) is 0 Å². The van der Waals surface area contributed by atoms with Crippen LogP contribution in [0.5, 0.6) is 0 Å². The summed E-state index contributed by atoms with van der Waals surface area (Å²) in [5.41, 5.74) is 15.1. The smallest absolute Gasteiger partial charge is 0.0340 e. The molecule has 0 fully saturated rings. The van der Waals surface area contributed by atoms with Crippen LogP contribution in [0.25, 0.3) is 21.6 Å². The number of benzene rings is 4. The summed E-state index contributed by atoms with van der Waals surface area (Å²) < 4.78 is 0. The lowest BCUT2D eigenvalue weighted by molar-refractivity contribution is 0.414. The van der Waals surface area contributed by atoms with E-state index in [4.69, 9.17) is 0 Å². The van der Waals surface area contributed by atoms with E-state index in [-0.39, 0.29) is 16.7 Å². The third-order valence-corrected chi connectivity index (χ3v) is 10.2. The van der Waals surface area contributed by atoms with Gasteiger partial charge in [-0.3, -0.25) is 0 Å². The summed E-state index contributed by atoms with van der Waals surface area (Å²) in [7, 11) is 0. The second kappa shape index (κ2) is 8.98. The van der Waals surface area contributed by atoms with Crippen molar-refractivity contribution in [3.8, 4) is 11.1 Å². The molecule has 0 saturated carbocycles. The fourth-order valence-electron chi connectivity index (χ4n) is 7.65. The quantitative estimate of drug-likeness (QED) is 0.195. The molecule has 2 atom stereocenters. The molecule has 40 heavy (non-hydrogen) atoms. The predicted octanol–water partition coefficient (Wildman–Crippen LogP) is 10.3. The van der Waals surface area contributed by atoms with E-state index < -0.39 is 0 Å². The second-order valence-electron chi connectivity index (χ2n) is 12.8. The average molecular weight is 537 g/mol. The van der Waals surface area contributed by atoms with Crippen molar-refractivity contribution in [2.45, 2.75) is 50.9 Å². The molecule has 0 nitrogen and oxygen atoms in total. The fourth-order valence-corrected chi connectivity index (χ4v) is 7.80. The van der Waals surface area contributed by atoms with Crippen LogP contribution in [0.1, 0.15) is 84.5 Å². The standard InChI is InChI=1S/C39H36S/c1-24(40)25-14-16-26(17-15-25)37(27-18-20-31-29-10-6-8-12-33(29)38(2,3)35(31)22-27)28-19-21-32-30-11-7-9-13-34(30)39(4,5)36(32)23-28/h6-12,14-23,34,37,40H,1,13H2,2-5H3. The Kier molecular flexibility index (Phi) is 5.71. The van der Waals surface area contributed by atoms with Crippen molar-refractivity contribution < 1.29 is 0 Å². The second-order valence-corrected chi connectivity index (χ2v) is 13.4. The Hall–Kier alpha value is -3.55. The molecule has 7 rings (SSSR count). The molecule has 4 aromatic rings. The summed E-state index contributed by atoms with van der Waals surface area (Å²) in [6.45, 7) is 13.6. The van der Waals surface area contributed by atoms with Crippen LogP contribution >= 0.6 is 12.6 Å². The van der Waals surface area contributed by atoms with Gasteiger partial charge in [-0.05, 0) is 79.0 Å². The topological polar surface area (TPSA) is 0 Å². The number of fused-ring (bicyclic) bond motifs is 6. The largest absolute Gasteiger partial charge is 0.143 e. The maximum absolute atomic E-state index is 4.50. The highest BCUT2D eigenvalue weighted by molar-refractivity contribution is 7.90. The summed E-state index contributed by atoms with van der Waals surface area (Å²) in [6.07, 6.45) is 8.01. The van der Waals surface area contributed by atoms with E-state index in [1.165, 1.54) is 55.6 Å². The molecule has 0 amide bonds. The summed E-state index contributed by atoms with van der Waals surface area (Å²) in [5.74, 6) is 0.670. The van der Waals surface area contributed by atoms with Crippen LogP contribution in [0, 0.1) is 5.92 Å². The minimum absolute atomic E-state index is 0.0325. The van der Waals surface area contributed by atoms with Crippen molar-refractivity contribution in [1.82, 2.24) is 0 Å². The van der Waals surface area contributed by atoms with Gasteiger partial charge >= 0.3 is 0 Å². The number of hydrogen-bond donors (Lipinski definition) is 1. The first-order chi connectivity index (χ1) is 19.2. The Balaban J connectivity index is 1.41. The first kappa shape index (κ1) is 25.4. The van der Waals surface area contributed by atoms with Crippen LogP contribution in [0.15, 0.2) is 110 Å². The van der Waals surface area contributed by atoms with Gasteiger partial charge in [0, 0.05) is 16.2 Å². The summed E-state index contributed by atoms with van der Waals surface area (Å²) in [4.78, 5) is 0.795. The minimum atomic E-state index is -0.0325. The van der Waals surface area contributed by atoms with Gasteiger partial charge in [0.25, 0.3) is 0 Å². The molecule has 2 unspecified atom stereocenters. The van der Waals surface area contributed by atoms with Crippen molar-refractivity contribution in [1.29, 1.82) is 0 Å². The predicted molar refractivity (Wildman–Crippen MR) is 174 cm³/mol. The zero-order valence-electron chi connectivity index (χ0n) is 23.8. The van der Waals surface area contributed by atoms with Gasteiger partial charge in [0.05, 0.1) is 0 Å². The van der Waals surface area contributed by atoms with Gasteiger partial charge in [0.2, 0.25) is 0 Å². The molecule has 1 heteroatoms. The van der Waals surface area contributed by atoms with E-state index in [1.807, 2.05) is 0 Å². The molecule has 4 aromatic carbocycles. The summed E-state index contributed by atoms with van der Waals surface area (Å²) in [5, 5.41) is 0. The van der Waals surface area contributed by atoms with Gasteiger partial charge in [-0.25, -0.2) is 0 Å². The maximum Gasteiger partial charge on any atom is 0.0340 e. The fraction of sp³-hybridized carbons (Fsp3) is 0.231. The van der Waals surface area contributed by atoms with E-state index in [9.17, 15) is 0 Å². The Morgan fingerprint density at radius 3 is 2.10 bits per heavy atom. The van der Waals surface area contributed by atoms with E-state index in [1.54, 1.807) is 0 Å². The first-order valence-electron chi connectivity index (χ1n) is 14.4. The minimum Gasteiger partial charge on any atom is -0.143 e. The summed E-state index contributed by atoms with van der Waals surface area (Å²) in [6, 6.07) is 32.2. The number of hydrogen-bond acceptors (Lipinski definition) is 1. The molecule has 0 bridgehead atoms. The summed E-state index contributed by atoms with van der Waals surface area (Å²) >= 11 is 4.50. The number of allylic oxidation sites excluding steroid dienone is 4. The van der Waals surface area contributed by atoms with Gasteiger partial charge in [-0.15, -0.1) is 12.6 Å². The van der Waals surface area contributed by atoms with Crippen molar-refractivity contribution >= 4 is 23.1 Å². The molecule has 3 aliphatic carbocycles. The van der Waals surface area contributed by atoms with Crippen molar-refractivity contribution in [3.05, 3.63) is 154 Å². The van der Waals surface area contributed by atoms with Gasteiger partial charge in [-0.2, -0.15) is 0 Å². The van der Waals surface area contributed by atoms with E-state index in [0.29, 0.717) is 5.92 Å². The zero-order chi connectivity index (χ0) is 27.8. The lowest BCUT2D eigenvalue weighted by Gasteiger charge is -2.30. The Morgan fingerprint density at radius 1 is 0.750 bits per heavy atom. The van der Waals surface area contributed by atoms with Crippen molar-refractivity contribution in [2.75, 3.05) is 0 Å². The Labute approximate surface area is 244 Å². The SMILES string of the molecule is C=C(S)c1ccc(C(c2ccc3c(c2)C(C)(C)c2ccccc2-3)c2ccc3c(c2)C(C)(C)C2CC=CC=C32)cc1. The molecular weight excluding hydrogens is 500 g/mol. The molecule has 0 N–H and O–H groups in total. The highest BCUT2D eigenvalue weighted by Crippen LogP contribution is 2.54. The van der Waals surface area contributed by atoms with Crippen molar-refractivity contribution in [2.24, 2.45) is 5.92 Å². The molecule has 0 heterocycles. The van der Waals surface area contributed by atoms with Crippen LogP contribution in [-0.4, -0.2) is 0 Å². The lowest BCUT2D eigenvalue weighted by atomic mass is 9.74. The molecule has 0 saturated heterocycles. The van der Waals surface area contributed by atoms with Gasteiger partial charge in [-0.1, -0.05) is 137 Å². The van der Waals surface area contributed by atoms with E-state index in [2.05, 4.69) is 150 Å². The monoisotopic (exact) mass is 536 g/mol. The number of rotatable bonds is 4. The van der Waals surface area contributed by atoms with Crippen LogP contribution in [0.2, 0.25) is 0 Å². The van der Waals surface area contributed by atoms with Crippen LogP contribution < -0.4 is 0 Å². The van der Waals surface area contributed by atoms with E-state index >= 15 is 0 Å². The van der Waals surface area contributed by atoms with Crippen LogP contribution in [-0.2, 0) is 10.8 Å². The molecule has 0 radical (unpaired) electrons. The lowest BCUT2D eigenvalue weighted by Crippen LogP contribution is -2.24. The number of thiol groups is 1. The highest BCUT2D eigenvalue weighted by Gasteiger charge is 2.43. The van der Waals surface area contributed by atoms with Gasteiger partial charge in [0.15, 0.2) is 0 Å². The van der Waals surface area contributed by atoms with E-state index in [0.717, 1.165) is 16.9 Å². The molecule has 198 valence electrons. The Bertz CT molecular complexity index is 1740.